The molecule has 0 bridgehead atoms. The van der Waals surface area contributed by atoms with Crippen LogP contribution in [0.4, 0.5) is 0 Å². The van der Waals surface area contributed by atoms with E-state index in [0.29, 0.717) is 23.4 Å². The Labute approximate surface area is 88.9 Å². The first-order valence-corrected chi connectivity index (χ1v) is 5.85. The van der Waals surface area contributed by atoms with Crippen molar-refractivity contribution in [3.8, 4) is 0 Å². The van der Waals surface area contributed by atoms with Gasteiger partial charge in [0, 0.05) is 22.1 Å². The van der Waals surface area contributed by atoms with Gasteiger partial charge in [-0.3, -0.25) is 4.79 Å². The molecule has 2 rings (SSSR count). The van der Waals surface area contributed by atoms with Gasteiger partial charge in [-0.1, -0.05) is 32.0 Å². The lowest BCUT2D eigenvalue weighted by atomic mass is 10.00. The summed E-state index contributed by atoms with van der Waals surface area (Å²) in [6, 6.07) is 7.92. The van der Waals surface area contributed by atoms with Crippen LogP contribution in [0.3, 0.4) is 0 Å². The summed E-state index contributed by atoms with van der Waals surface area (Å²) in [5, 5.41) is 0.456. The van der Waals surface area contributed by atoms with Gasteiger partial charge in [0.1, 0.15) is 0 Å². The van der Waals surface area contributed by atoms with Crippen molar-refractivity contribution < 1.29 is 4.79 Å². The van der Waals surface area contributed by atoms with Crippen molar-refractivity contribution in [1.29, 1.82) is 0 Å². The van der Waals surface area contributed by atoms with Gasteiger partial charge in [-0.15, -0.1) is 11.8 Å². The van der Waals surface area contributed by atoms with E-state index >= 15 is 0 Å². The van der Waals surface area contributed by atoms with Crippen molar-refractivity contribution in [2.24, 2.45) is 5.92 Å². The number of carbonyl (C=O) groups is 1. The first kappa shape index (κ1) is 9.78. The normalized spacial score (nSPS) is 21.1. The van der Waals surface area contributed by atoms with Crippen molar-refractivity contribution in [2.75, 3.05) is 0 Å². The Bertz CT molecular complexity index is 357. The number of thioether (sulfide) groups is 1. The second kappa shape index (κ2) is 3.77. The van der Waals surface area contributed by atoms with Crippen LogP contribution in [0, 0.1) is 5.92 Å². The quantitative estimate of drug-likeness (QED) is 0.700. The second-order valence-electron chi connectivity index (χ2n) is 4.02. The van der Waals surface area contributed by atoms with Gasteiger partial charge in [-0.2, -0.15) is 0 Å². The average Bonchev–Trinajstić information content (AvgIpc) is 2.17. The molecule has 14 heavy (non-hydrogen) atoms. The Balaban J connectivity index is 2.33. The summed E-state index contributed by atoms with van der Waals surface area (Å²) >= 11 is 1.85. The van der Waals surface area contributed by atoms with E-state index in [1.807, 2.05) is 36.0 Å². The third-order valence-electron chi connectivity index (χ3n) is 2.60. The van der Waals surface area contributed by atoms with E-state index in [1.165, 1.54) is 0 Å². The van der Waals surface area contributed by atoms with Crippen LogP contribution < -0.4 is 0 Å². The SMILES string of the molecule is CC(C)C1CC(=O)c2ccccc2S1. The van der Waals surface area contributed by atoms with E-state index in [-0.39, 0.29) is 0 Å². The minimum Gasteiger partial charge on any atom is -0.294 e. The summed E-state index contributed by atoms with van der Waals surface area (Å²) < 4.78 is 0. The molecule has 2 heteroatoms. The molecule has 1 aromatic rings. The topological polar surface area (TPSA) is 17.1 Å². The molecule has 1 unspecified atom stereocenters. The molecule has 1 aliphatic heterocycles. The molecular formula is C12H14OS. The van der Waals surface area contributed by atoms with Crippen LogP contribution in [0.15, 0.2) is 29.2 Å². The lowest BCUT2D eigenvalue weighted by Crippen LogP contribution is -2.21. The minimum absolute atomic E-state index is 0.304. The molecule has 0 saturated carbocycles. The molecule has 1 aromatic carbocycles. The number of hydrogen-bond acceptors (Lipinski definition) is 2. The Morgan fingerprint density at radius 3 is 2.79 bits per heavy atom. The number of carbonyl (C=O) groups excluding carboxylic acids is 1. The van der Waals surface area contributed by atoms with Gasteiger partial charge in [0.15, 0.2) is 5.78 Å². The Morgan fingerprint density at radius 1 is 1.36 bits per heavy atom. The highest BCUT2D eigenvalue weighted by molar-refractivity contribution is 8.00. The van der Waals surface area contributed by atoms with Crippen LogP contribution in [0.2, 0.25) is 0 Å². The average molecular weight is 206 g/mol. The minimum atomic E-state index is 0.304. The molecule has 0 spiro atoms. The van der Waals surface area contributed by atoms with Crippen molar-refractivity contribution in [3.63, 3.8) is 0 Å². The smallest absolute Gasteiger partial charge is 0.165 e. The molecule has 0 N–H and O–H groups in total. The number of rotatable bonds is 1. The maximum atomic E-state index is 11.8. The van der Waals surface area contributed by atoms with Crippen LogP contribution in [0.5, 0.6) is 0 Å². The van der Waals surface area contributed by atoms with E-state index in [0.717, 1.165) is 10.5 Å². The lowest BCUT2D eigenvalue weighted by Gasteiger charge is -2.25. The van der Waals surface area contributed by atoms with E-state index in [9.17, 15) is 4.79 Å². The summed E-state index contributed by atoms with van der Waals surface area (Å²) in [6.45, 7) is 4.36. The fourth-order valence-corrected chi connectivity index (χ4v) is 2.97. The zero-order valence-electron chi connectivity index (χ0n) is 8.49. The summed E-state index contributed by atoms with van der Waals surface area (Å²) in [4.78, 5) is 12.9. The van der Waals surface area contributed by atoms with Gasteiger partial charge in [0.2, 0.25) is 0 Å². The largest absolute Gasteiger partial charge is 0.294 e. The lowest BCUT2D eigenvalue weighted by molar-refractivity contribution is 0.0972. The van der Waals surface area contributed by atoms with Crippen LogP contribution >= 0.6 is 11.8 Å². The van der Waals surface area contributed by atoms with E-state index in [1.54, 1.807) is 0 Å². The van der Waals surface area contributed by atoms with Gasteiger partial charge in [-0.05, 0) is 12.0 Å². The maximum absolute atomic E-state index is 11.8. The molecule has 1 aliphatic rings. The monoisotopic (exact) mass is 206 g/mol. The Hall–Kier alpha value is -0.760. The molecule has 0 radical (unpaired) electrons. The molecular weight excluding hydrogens is 192 g/mol. The number of benzene rings is 1. The molecule has 0 saturated heterocycles. The maximum Gasteiger partial charge on any atom is 0.165 e. The van der Waals surface area contributed by atoms with E-state index in [4.69, 9.17) is 0 Å². The first-order valence-electron chi connectivity index (χ1n) is 4.97. The molecule has 0 amide bonds. The molecule has 1 nitrogen and oxygen atoms in total. The molecule has 1 atom stereocenters. The standard InChI is InChI=1S/C12H14OS/c1-8(2)12-7-10(13)9-5-3-4-6-11(9)14-12/h3-6,8,12H,7H2,1-2H3. The van der Waals surface area contributed by atoms with Gasteiger partial charge < -0.3 is 0 Å². The number of hydrogen-bond donors (Lipinski definition) is 0. The Morgan fingerprint density at radius 2 is 2.07 bits per heavy atom. The predicted molar refractivity (Wildman–Crippen MR) is 59.9 cm³/mol. The molecule has 0 aliphatic carbocycles. The number of ketones is 1. The highest BCUT2D eigenvalue weighted by Gasteiger charge is 2.26. The number of Topliss-reactive ketones (excluding diaryl/α,β-unsaturated/α-hetero) is 1. The van der Waals surface area contributed by atoms with Crippen molar-refractivity contribution in [2.45, 2.75) is 30.4 Å². The van der Waals surface area contributed by atoms with Crippen molar-refractivity contribution in [1.82, 2.24) is 0 Å². The fraction of sp³-hybridized carbons (Fsp3) is 0.417. The molecule has 0 aromatic heterocycles. The van der Waals surface area contributed by atoms with Crippen LogP contribution in [-0.2, 0) is 0 Å². The van der Waals surface area contributed by atoms with Crippen molar-refractivity contribution in [3.05, 3.63) is 29.8 Å². The zero-order chi connectivity index (χ0) is 10.1. The van der Waals surface area contributed by atoms with Gasteiger partial charge in [0.25, 0.3) is 0 Å². The van der Waals surface area contributed by atoms with Crippen molar-refractivity contribution >= 4 is 17.5 Å². The first-order chi connectivity index (χ1) is 6.68. The van der Waals surface area contributed by atoms with E-state index in [2.05, 4.69) is 13.8 Å². The van der Waals surface area contributed by atoms with Crippen LogP contribution in [0.25, 0.3) is 0 Å². The van der Waals surface area contributed by atoms with Crippen LogP contribution in [0.1, 0.15) is 30.6 Å². The zero-order valence-corrected chi connectivity index (χ0v) is 9.30. The highest BCUT2D eigenvalue weighted by atomic mass is 32.2. The van der Waals surface area contributed by atoms with Gasteiger partial charge >= 0.3 is 0 Å². The van der Waals surface area contributed by atoms with Gasteiger partial charge in [0.05, 0.1) is 0 Å². The van der Waals surface area contributed by atoms with Crippen LogP contribution in [-0.4, -0.2) is 11.0 Å². The highest BCUT2D eigenvalue weighted by Crippen LogP contribution is 2.38. The third-order valence-corrected chi connectivity index (χ3v) is 4.22. The Kier molecular flexibility index (Phi) is 2.64. The fourth-order valence-electron chi connectivity index (χ4n) is 1.67. The molecule has 74 valence electrons. The van der Waals surface area contributed by atoms with Gasteiger partial charge in [-0.25, -0.2) is 0 Å². The molecule has 0 fully saturated rings. The summed E-state index contributed by atoms with van der Waals surface area (Å²) in [5.41, 5.74) is 0.911. The van der Waals surface area contributed by atoms with E-state index < -0.39 is 0 Å². The predicted octanol–water partition coefficient (Wildman–Crippen LogP) is 3.39. The summed E-state index contributed by atoms with van der Waals surface area (Å²) in [6.07, 6.45) is 0.694. The second-order valence-corrected chi connectivity index (χ2v) is 5.30. The summed E-state index contributed by atoms with van der Waals surface area (Å²) in [5.74, 6) is 0.871. The third kappa shape index (κ3) is 1.71. The number of fused-ring (bicyclic) bond motifs is 1. The summed E-state index contributed by atoms with van der Waals surface area (Å²) in [7, 11) is 0. The molecule has 1 heterocycles.